The molecule has 0 unspecified atom stereocenters. The van der Waals surface area contributed by atoms with Gasteiger partial charge in [0.1, 0.15) is 0 Å². The highest BCUT2D eigenvalue weighted by molar-refractivity contribution is 5.09. The van der Waals surface area contributed by atoms with E-state index in [4.69, 9.17) is 10.5 Å². The number of nitrogens with zero attached hydrogens (tertiary/aromatic N) is 4. The summed E-state index contributed by atoms with van der Waals surface area (Å²) in [5, 5.41) is 10.7. The third-order valence-electron chi connectivity index (χ3n) is 1.57. The zero-order chi connectivity index (χ0) is 9.52. The molecule has 0 aliphatic heterocycles. The first-order chi connectivity index (χ1) is 6.34. The van der Waals surface area contributed by atoms with Crippen LogP contribution in [-0.4, -0.2) is 33.4 Å². The van der Waals surface area contributed by atoms with E-state index in [1.807, 2.05) is 0 Å². The Morgan fingerprint density at radius 1 is 1.46 bits per heavy atom. The molecule has 1 rings (SSSR count). The van der Waals surface area contributed by atoms with E-state index in [0.29, 0.717) is 12.5 Å². The van der Waals surface area contributed by atoms with Crippen LogP contribution in [0.4, 0.5) is 5.95 Å². The summed E-state index contributed by atoms with van der Waals surface area (Å²) in [5.74, 6) is 0.357. The van der Waals surface area contributed by atoms with Gasteiger partial charge in [-0.3, -0.25) is 0 Å². The number of aromatic nitrogens is 4. The molecule has 6 nitrogen and oxygen atoms in total. The number of anilines is 1. The number of hydrogen-bond donors (Lipinski definition) is 1. The summed E-state index contributed by atoms with van der Waals surface area (Å²) in [6.45, 7) is 4.33. The van der Waals surface area contributed by atoms with E-state index in [0.717, 1.165) is 26.1 Å². The predicted molar refractivity (Wildman–Crippen MR) is 48.0 cm³/mol. The monoisotopic (exact) mass is 185 g/mol. The van der Waals surface area contributed by atoms with Gasteiger partial charge in [-0.1, -0.05) is 12.0 Å². The average Bonchev–Trinajstić information content (AvgIpc) is 2.52. The Labute approximate surface area is 77.1 Å². The topological polar surface area (TPSA) is 78.8 Å². The lowest BCUT2D eigenvalue weighted by atomic mass is 10.4. The zero-order valence-corrected chi connectivity index (χ0v) is 7.81. The largest absolute Gasteiger partial charge is 0.381 e. The standard InChI is InChI=1S/C7H15N5O/c1-2-5-13-6-3-4-12-7(8)9-10-11-12/h2-6H2,1H3,(H2,8,9,11). The third kappa shape index (κ3) is 3.37. The number of ether oxygens (including phenoxy) is 1. The molecule has 0 spiro atoms. The Morgan fingerprint density at radius 3 is 2.92 bits per heavy atom. The molecule has 13 heavy (non-hydrogen) atoms. The lowest BCUT2D eigenvalue weighted by molar-refractivity contribution is 0.128. The minimum atomic E-state index is 0.357. The van der Waals surface area contributed by atoms with E-state index in [1.165, 1.54) is 0 Å². The maximum Gasteiger partial charge on any atom is 0.240 e. The van der Waals surface area contributed by atoms with E-state index < -0.39 is 0 Å². The number of rotatable bonds is 6. The highest BCUT2D eigenvalue weighted by Crippen LogP contribution is 1.95. The Hall–Kier alpha value is -1.17. The lowest BCUT2D eigenvalue weighted by Crippen LogP contribution is -2.08. The molecule has 0 aliphatic rings. The van der Waals surface area contributed by atoms with Gasteiger partial charge in [-0.15, -0.1) is 0 Å². The summed E-state index contributed by atoms with van der Waals surface area (Å²) in [6.07, 6.45) is 1.93. The summed E-state index contributed by atoms with van der Waals surface area (Å²) in [7, 11) is 0. The van der Waals surface area contributed by atoms with Crippen molar-refractivity contribution in [1.29, 1.82) is 0 Å². The molecule has 0 saturated heterocycles. The van der Waals surface area contributed by atoms with Crippen molar-refractivity contribution in [1.82, 2.24) is 20.2 Å². The molecule has 0 fully saturated rings. The molecule has 0 atom stereocenters. The number of nitrogens with two attached hydrogens (primary N) is 1. The predicted octanol–water partition coefficient (Wildman–Crippen LogP) is 0.0720. The van der Waals surface area contributed by atoms with Crippen molar-refractivity contribution in [3.05, 3.63) is 0 Å². The van der Waals surface area contributed by atoms with Gasteiger partial charge in [-0.05, 0) is 23.3 Å². The van der Waals surface area contributed by atoms with Crippen LogP contribution in [0.25, 0.3) is 0 Å². The van der Waals surface area contributed by atoms with Crippen molar-refractivity contribution in [3.63, 3.8) is 0 Å². The molecule has 0 radical (unpaired) electrons. The van der Waals surface area contributed by atoms with Crippen molar-refractivity contribution in [3.8, 4) is 0 Å². The number of hydrogen-bond acceptors (Lipinski definition) is 5. The summed E-state index contributed by atoms with van der Waals surface area (Å²) in [6, 6.07) is 0. The van der Waals surface area contributed by atoms with E-state index in [-0.39, 0.29) is 0 Å². The molecular formula is C7H15N5O. The van der Waals surface area contributed by atoms with Crippen LogP contribution in [0.5, 0.6) is 0 Å². The minimum Gasteiger partial charge on any atom is -0.381 e. The number of nitrogen functional groups attached to an aromatic ring is 1. The van der Waals surface area contributed by atoms with Crippen LogP contribution >= 0.6 is 0 Å². The number of aryl methyl sites for hydroxylation is 1. The Bertz CT molecular complexity index is 237. The van der Waals surface area contributed by atoms with Crippen molar-refractivity contribution >= 4 is 5.95 Å². The van der Waals surface area contributed by atoms with Crippen molar-refractivity contribution in [2.75, 3.05) is 18.9 Å². The average molecular weight is 185 g/mol. The fourth-order valence-electron chi connectivity index (χ4n) is 0.934. The molecule has 1 aromatic heterocycles. The third-order valence-corrected chi connectivity index (χ3v) is 1.57. The van der Waals surface area contributed by atoms with E-state index >= 15 is 0 Å². The van der Waals surface area contributed by atoms with Crippen LogP contribution in [0.15, 0.2) is 0 Å². The molecule has 1 heterocycles. The van der Waals surface area contributed by atoms with Gasteiger partial charge in [0.15, 0.2) is 0 Å². The Morgan fingerprint density at radius 2 is 2.31 bits per heavy atom. The lowest BCUT2D eigenvalue weighted by Gasteiger charge is -2.02. The van der Waals surface area contributed by atoms with E-state index in [9.17, 15) is 0 Å². The SMILES string of the molecule is CCCOCCCn1nnnc1N. The van der Waals surface area contributed by atoms with E-state index in [1.54, 1.807) is 4.68 Å². The molecule has 0 bridgehead atoms. The van der Waals surface area contributed by atoms with Gasteiger partial charge >= 0.3 is 0 Å². The first-order valence-electron chi connectivity index (χ1n) is 4.44. The van der Waals surface area contributed by atoms with Crippen LogP contribution in [-0.2, 0) is 11.3 Å². The van der Waals surface area contributed by atoms with Gasteiger partial charge in [-0.25, -0.2) is 4.68 Å². The Balaban J connectivity index is 2.10. The second kappa shape index (κ2) is 5.47. The summed E-state index contributed by atoms with van der Waals surface area (Å²) in [5.41, 5.74) is 5.47. The second-order valence-corrected chi connectivity index (χ2v) is 2.73. The molecule has 0 aromatic carbocycles. The highest BCUT2D eigenvalue weighted by Gasteiger charge is 1.99. The first kappa shape index (κ1) is 9.91. The van der Waals surface area contributed by atoms with Gasteiger partial charge in [0.25, 0.3) is 0 Å². The van der Waals surface area contributed by atoms with Crippen LogP contribution in [0.3, 0.4) is 0 Å². The van der Waals surface area contributed by atoms with Crippen molar-refractivity contribution in [2.24, 2.45) is 0 Å². The molecule has 74 valence electrons. The van der Waals surface area contributed by atoms with Crippen molar-refractivity contribution < 1.29 is 4.74 Å². The van der Waals surface area contributed by atoms with Crippen LogP contribution in [0, 0.1) is 0 Å². The molecule has 0 saturated carbocycles. The van der Waals surface area contributed by atoms with Crippen LogP contribution in [0.2, 0.25) is 0 Å². The normalized spacial score (nSPS) is 10.5. The molecule has 0 amide bonds. The molecule has 0 aliphatic carbocycles. The number of tetrazole rings is 1. The highest BCUT2D eigenvalue weighted by atomic mass is 16.5. The molecular weight excluding hydrogens is 170 g/mol. The summed E-state index contributed by atoms with van der Waals surface area (Å²) < 4.78 is 6.86. The maximum absolute atomic E-state index is 5.47. The van der Waals surface area contributed by atoms with Gasteiger partial charge < -0.3 is 10.5 Å². The van der Waals surface area contributed by atoms with Crippen LogP contribution < -0.4 is 5.73 Å². The van der Waals surface area contributed by atoms with Gasteiger partial charge in [-0.2, -0.15) is 0 Å². The summed E-state index contributed by atoms with van der Waals surface area (Å²) in [4.78, 5) is 0. The molecule has 2 N–H and O–H groups in total. The smallest absolute Gasteiger partial charge is 0.240 e. The van der Waals surface area contributed by atoms with Crippen LogP contribution in [0.1, 0.15) is 19.8 Å². The second-order valence-electron chi connectivity index (χ2n) is 2.73. The Kier molecular flexibility index (Phi) is 4.17. The van der Waals surface area contributed by atoms with Gasteiger partial charge in [0.2, 0.25) is 5.95 Å². The fourth-order valence-corrected chi connectivity index (χ4v) is 0.934. The van der Waals surface area contributed by atoms with E-state index in [2.05, 4.69) is 22.4 Å². The van der Waals surface area contributed by atoms with Gasteiger partial charge in [0.05, 0.1) is 0 Å². The summed E-state index contributed by atoms with van der Waals surface area (Å²) >= 11 is 0. The first-order valence-corrected chi connectivity index (χ1v) is 4.44. The minimum absolute atomic E-state index is 0.357. The zero-order valence-electron chi connectivity index (χ0n) is 7.81. The maximum atomic E-state index is 5.47. The fraction of sp³-hybridized carbons (Fsp3) is 0.857. The van der Waals surface area contributed by atoms with Gasteiger partial charge in [0, 0.05) is 19.8 Å². The molecule has 6 heteroatoms. The van der Waals surface area contributed by atoms with Crippen molar-refractivity contribution in [2.45, 2.75) is 26.3 Å². The molecule has 1 aromatic rings. The quantitative estimate of drug-likeness (QED) is 0.634.